The van der Waals surface area contributed by atoms with Crippen LogP contribution in [0.5, 0.6) is 5.75 Å². The zero-order chi connectivity index (χ0) is 20.2. The van der Waals surface area contributed by atoms with Crippen LogP contribution in [0, 0.1) is 0 Å². The van der Waals surface area contributed by atoms with Crippen LogP contribution in [0.2, 0.25) is 0 Å². The summed E-state index contributed by atoms with van der Waals surface area (Å²) in [5.41, 5.74) is 0.961. The molecule has 0 heterocycles. The largest absolute Gasteiger partial charge is 0.379 e. The average molecular weight is 412 g/mol. The summed E-state index contributed by atoms with van der Waals surface area (Å²) in [6.45, 7) is 8.19. The van der Waals surface area contributed by atoms with Gasteiger partial charge in [-0.2, -0.15) is 12.7 Å². The second-order valence-electron chi connectivity index (χ2n) is 6.33. The van der Waals surface area contributed by atoms with E-state index in [-0.39, 0.29) is 21.5 Å². The van der Waals surface area contributed by atoms with Gasteiger partial charge in [0.2, 0.25) is 10.0 Å². The first-order valence-electron chi connectivity index (χ1n) is 8.76. The molecule has 0 aliphatic heterocycles. The molecular weight excluding hydrogens is 386 g/mol. The maximum absolute atomic E-state index is 12.5. The Balaban J connectivity index is 2.29. The first-order chi connectivity index (χ1) is 12.6. The van der Waals surface area contributed by atoms with Gasteiger partial charge in [0.05, 0.1) is 4.90 Å². The van der Waals surface area contributed by atoms with Gasteiger partial charge in [0.25, 0.3) is 0 Å². The molecule has 0 aliphatic rings. The smallest absolute Gasteiger partial charge is 0.339 e. The van der Waals surface area contributed by atoms with E-state index in [4.69, 9.17) is 4.18 Å². The minimum atomic E-state index is -4.06. The molecule has 0 radical (unpaired) electrons. The summed E-state index contributed by atoms with van der Waals surface area (Å²) in [6, 6.07) is 12.0. The van der Waals surface area contributed by atoms with Crippen molar-refractivity contribution >= 4 is 20.1 Å². The van der Waals surface area contributed by atoms with Crippen LogP contribution in [-0.4, -0.2) is 34.2 Å². The zero-order valence-corrected chi connectivity index (χ0v) is 17.5. The molecule has 6 nitrogen and oxygen atoms in total. The SMILES string of the molecule is CCN(CC)S(=O)(=O)c1ccc(S(=O)(=O)Oc2cccc(C(C)C)c2)cc1. The third-order valence-electron chi connectivity index (χ3n) is 4.19. The normalized spacial score (nSPS) is 12.5. The Hall–Kier alpha value is -1.90. The maximum Gasteiger partial charge on any atom is 0.339 e. The Morgan fingerprint density at radius 2 is 1.44 bits per heavy atom. The number of sulfonamides is 1. The molecule has 2 rings (SSSR count). The zero-order valence-electron chi connectivity index (χ0n) is 15.9. The molecule has 2 aromatic carbocycles. The molecule has 0 atom stereocenters. The molecule has 8 heteroatoms. The lowest BCUT2D eigenvalue weighted by Gasteiger charge is -2.18. The average Bonchev–Trinajstić information content (AvgIpc) is 2.62. The first-order valence-corrected chi connectivity index (χ1v) is 11.6. The van der Waals surface area contributed by atoms with Crippen LogP contribution >= 0.6 is 0 Å². The van der Waals surface area contributed by atoms with E-state index in [1.807, 2.05) is 19.9 Å². The molecule has 0 saturated heterocycles. The molecule has 0 saturated carbocycles. The van der Waals surface area contributed by atoms with E-state index in [2.05, 4.69) is 0 Å². The number of nitrogens with zero attached hydrogens (tertiary/aromatic N) is 1. The van der Waals surface area contributed by atoms with Crippen LogP contribution in [0.1, 0.15) is 39.2 Å². The number of hydrogen-bond donors (Lipinski definition) is 0. The fourth-order valence-electron chi connectivity index (χ4n) is 2.59. The standard InChI is InChI=1S/C19H25NO5S2/c1-5-20(6-2)26(21,22)18-10-12-19(13-11-18)27(23,24)25-17-9-7-8-16(14-17)15(3)4/h7-15H,5-6H2,1-4H3. The lowest BCUT2D eigenvalue weighted by Crippen LogP contribution is -2.30. The van der Waals surface area contributed by atoms with Gasteiger partial charge in [0.1, 0.15) is 10.6 Å². The summed E-state index contributed by atoms with van der Waals surface area (Å²) in [5.74, 6) is 0.460. The third-order valence-corrected chi connectivity index (χ3v) is 7.51. The maximum atomic E-state index is 12.5. The van der Waals surface area contributed by atoms with Crippen LogP contribution in [0.25, 0.3) is 0 Å². The highest BCUT2D eigenvalue weighted by Crippen LogP contribution is 2.24. The number of rotatable bonds is 8. The lowest BCUT2D eigenvalue weighted by atomic mass is 10.0. The number of benzene rings is 2. The van der Waals surface area contributed by atoms with Gasteiger partial charge in [-0.25, -0.2) is 8.42 Å². The minimum Gasteiger partial charge on any atom is -0.379 e. The summed E-state index contributed by atoms with van der Waals surface area (Å²) in [7, 11) is -7.70. The van der Waals surface area contributed by atoms with Gasteiger partial charge >= 0.3 is 10.1 Å². The molecule has 0 aliphatic carbocycles. The summed E-state index contributed by atoms with van der Waals surface area (Å²) >= 11 is 0. The summed E-state index contributed by atoms with van der Waals surface area (Å²) in [6.07, 6.45) is 0. The van der Waals surface area contributed by atoms with Gasteiger partial charge in [0.15, 0.2) is 0 Å². The predicted molar refractivity (Wildman–Crippen MR) is 105 cm³/mol. The van der Waals surface area contributed by atoms with E-state index in [1.54, 1.807) is 32.0 Å². The molecule has 0 unspecified atom stereocenters. The molecule has 0 fully saturated rings. The summed E-state index contributed by atoms with van der Waals surface area (Å²) < 4.78 is 56.5. The second-order valence-corrected chi connectivity index (χ2v) is 9.81. The quantitative estimate of drug-likeness (QED) is 0.620. The second kappa shape index (κ2) is 8.41. The molecule has 0 N–H and O–H groups in total. The fourth-order valence-corrected chi connectivity index (χ4v) is 4.97. The lowest BCUT2D eigenvalue weighted by molar-refractivity contribution is 0.445. The molecular formula is C19H25NO5S2. The van der Waals surface area contributed by atoms with E-state index in [1.165, 1.54) is 28.6 Å². The Labute approximate surface area is 162 Å². The Morgan fingerprint density at radius 1 is 0.889 bits per heavy atom. The van der Waals surface area contributed by atoms with Crippen molar-refractivity contribution in [3.63, 3.8) is 0 Å². The van der Waals surface area contributed by atoms with Gasteiger partial charge in [-0.15, -0.1) is 0 Å². The Bertz CT molecular complexity index is 977. The molecule has 148 valence electrons. The number of hydrogen-bond acceptors (Lipinski definition) is 5. The van der Waals surface area contributed by atoms with Crippen LogP contribution in [-0.2, 0) is 20.1 Å². The van der Waals surface area contributed by atoms with Crippen molar-refractivity contribution in [3.05, 3.63) is 54.1 Å². The van der Waals surface area contributed by atoms with Gasteiger partial charge < -0.3 is 4.18 Å². The predicted octanol–water partition coefficient (Wildman–Crippen LogP) is 3.61. The summed E-state index contributed by atoms with van der Waals surface area (Å²) in [4.78, 5) is -0.0529. The van der Waals surface area contributed by atoms with Crippen LogP contribution in [0.15, 0.2) is 58.3 Å². The van der Waals surface area contributed by atoms with Gasteiger partial charge in [-0.1, -0.05) is 39.8 Å². The van der Waals surface area contributed by atoms with E-state index < -0.39 is 20.1 Å². The van der Waals surface area contributed by atoms with Crippen molar-refractivity contribution in [3.8, 4) is 5.75 Å². The van der Waals surface area contributed by atoms with Crippen LogP contribution in [0.4, 0.5) is 0 Å². The molecule has 0 bridgehead atoms. The van der Waals surface area contributed by atoms with Crippen molar-refractivity contribution < 1.29 is 21.0 Å². The molecule has 0 aromatic heterocycles. The van der Waals surface area contributed by atoms with Crippen LogP contribution < -0.4 is 4.18 Å². The Kier molecular flexibility index (Phi) is 6.67. The first kappa shape index (κ1) is 21.4. The van der Waals surface area contributed by atoms with Crippen LogP contribution in [0.3, 0.4) is 0 Å². The van der Waals surface area contributed by atoms with Crippen molar-refractivity contribution in [2.75, 3.05) is 13.1 Å². The van der Waals surface area contributed by atoms with E-state index in [0.717, 1.165) is 5.56 Å². The van der Waals surface area contributed by atoms with Crippen molar-refractivity contribution in [2.45, 2.75) is 43.4 Å². The summed E-state index contributed by atoms with van der Waals surface area (Å²) in [5, 5.41) is 0. The monoisotopic (exact) mass is 411 g/mol. The molecule has 0 amide bonds. The fraction of sp³-hybridized carbons (Fsp3) is 0.368. The van der Waals surface area contributed by atoms with Crippen molar-refractivity contribution in [2.24, 2.45) is 0 Å². The van der Waals surface area contributed by atoms with E-state index >= 15 is 0 Å². The van der Waals surface area contributed by atoms with E-state index in [0.29, 0.717) is 13.1 Å². The topological polar surface area (TPSA) is 80.8 Å². The van der Waals surface area contributed by atoms with E-state index in [9.17, 15) is 16.8 Å². The molecule has 0 spiro atoms. The molecule has 27 heavy (non-hydrogen) atoms. The van der Waals surface area contributed by atoms with Gasteiger partial charge in [-0.05, 0) is 47.9 Å². The van der Waals surface area contributed by atoms with Gasteiger partial charge in [-0.3, -0.25) is 0 Å². The van der Waals surface area contributed by atoms with Crippen molar-refractivity contribution in [1.29, 1.82) is 0 Å². The van der Waals surface area contributed by atoms with Crippen molar-refractivity contribution in [1.82, 2.24) is 4.31 Å². The third kappa shape index (κ3) is 4.88. The Morgan fingerprint density at radius 3 is 1.96 bits per heavy atom. The van der Waals surface area contributed by atoms with Gasteiger partial charge in [0, 0.05) is 13.1 Å². The molecule has 2 aromatic rings. The highest BCUT2D eigenvalue weighted by molar-refractivity contribution is 7.89. The highest BCUT2D eigenvalue weighted by Gasteiger charge is 2.23. The highest BCUT2D eigenvalue weighted by atomic mass is 32.2. The minimum absolute atomic E-state index is 0.0481.